The summed E-state index contributed by atoms with van der Waals surface area (Å²) in [6.45, 7) is -0.639. The zero-order valence-corrected chi connectivity index (χ0v) is 23.4. The second-order valence-electron chi connectivity index (χ2n) is 9.56. The summed E-state index contributed by atoms with van der Waals surface area (Å²) in [5, 5.41) is 0. The molecular weight excluding hydrogens is 625 g/mol. The molecule has 0 N–H and O–H groups in total. The molecule has 0 saturated carbocycles. The Morgan fingerprint density at radius 3 is 1.93 bits per heavy atom. The van der Waals surface area contributed by atoms with E-state index in [0.29, 0.717) is 18.0 Å². The van der Waals surface area contributed by atoms with E-state index in [2.05, 4.69) is 26.4 Å². The lowest BCUT2D eigenvalue weighted by Gasteiger charge is -2.31. The summed E-state index contributed by atoms with van der Waals surface area (Å²) in [5.74, 6) is 0.966. The van der Waals surface area contributed by atoms with Gasteiger partial charge in [-0.25, -0.2) is 19.4 Å². The van der Waals surface area contributed by atoms with E-state index in [1.165, 1.54) is 0 Å². The van der Waals surface area contributed by atoms with Crippen molar-refractivity contribution in [3.8, 4) is 17.1 Å². The van der Waals surface area contributed by atoms with E-state index < -0.39 is 43.8 Å². The van der Waals surface area contributed by atoms with Crippen molar-refractivity contribution >= 4 is 0 Å². The normalized spacial score (nSPS) is 13.4. The molecule has 17 heteroatoms. The van der Waals surface area contributed by atoms with Gasteiger partial charge in [-0.05, 0) is 42.7 Å². The number of nitrogens with zero attached hydrogens (tertiary/aromatic N) is 2. The molecule has 0 fully saturated rings. The first-order valence-corrected chi connectivity index (χ1v) is 13.5. The SMILES string of the molecule is CCCCCCCCc1cc(-c2ncccn2)ccc1OCCCOCC(F)(F)OC(F)(F)C(F)(F)OC(F)(F)C(F)(F)F. The fourth-order valence-corrected chi connectivity index (χ4v) is 3.69. The minimum Gasteiger partial charge on any atom is -0.493 e. The highest BCUT2D eigenvalue weighted by Crippen LogP contribution is 2.47. The molecule has 0 atom stereocenters. The van der Waals surface area contributed by atoms with Gasteiger partial charge >= 0.3 is 30.6 Å². The van der Waals surface area contributed by atoms with Crippen LogP contribution in [-0.2, 0) is 20.6 Å². The van der Waals surface area contributed by atoms with Gasteiger partial charge in [0, 0.05) is 24.4 Å². The van der Waals surface area contributed by atoms with E-state index >= 15 is 0 Å². The van der Waals surface area contributed by atoms with Gasteiger partial charge in [-0.2, -0.15) is 48.3 Å². The van der Waals surface area contributed by atoms with Crippen molar-refractivity contribution in [1.29, 1.82) is 0 Å². The van der Waals surface area contributed by atoms with Crippen LogP contribution in [0.15, 0.2) is 36.7 Å². The molecule has 0 bridgehead atoms. The molecule has 1 aromatic heterocycles. The van der Waals surface area contributed by atoms with E-state index in [4.69, 9.17) is 4.74 Å². The number of hydrogen-bond donors (Lipinski definition) is 0. The van der Waals surface area contributed by atoms with Gasteiger partial charge in [0.2, 0.25) is 0 Å². The lowest BCUT2D eigenvalue weighted by Crippen LogP contribution is -2.55. The molecule has 44 heavy (non-hydrogen) atoms. The topological polar surface area (TPSA) is 62.7 Å². The molecule has 0 amide bonds. The molecule has 2 rings (SSSR count). The highest BCUT2D eigenvalue weighted by atomic mass is 19.4. The Balaban J connectivity index is 1.90. The van der Waals surface area contributed by atoms with Gasteiger partial charge in [-0.3, -0.25) is 0 Å². The fourth-order valence-electron chi connectivity index (χ4n) is 3.69. The average Bonchev–Trinajstić information content (AvgIpc) is 2.91. The lowest BCUT2D eigenvalue weighted by atomic mass is 10.0. The number of rotatable bonds is 20. The molecule has 0 saturated heterocycles. The van der Waals surface area contributed by atoms with Crippen molar-refractivity contribution in [2.45, 2.75) is 88.9 Å². The maximum atomic E-state index is 13.7. The van der Waals surface area contributed by atoms with Crippen molar-refractivity contribution in [3.05, 3.63) is 42.2 Å². The van der Waals surface area contributed by atoms with Crippen LogP contribution in [0.25, 0.3) is 11.4 Å². The zero-order valence-electron chi connectivity index (χ0n) is 23.4. The standard InChI is InChI=1S/C27H31F11N2O4/c1-2-3-4-5-6-7-10-19-17-20(22-39-13-8-14-40-22)11-12-21(19)42-16-9-15-41-18-23(28,29)43-26(35,36)27(37,38)44-25(33,34)24(30,31)32/h8,11-14,17H,2-7,9-10,15-16,18H2,1H3. The molecular formula is C27H31F11N2O4. The largest absolute Gasteiger partial charge is 0.493 e. The Bertz CT molecular complexity index is 1140. The summed E-state index contributed by atoms with van der Waals surface area (Å²) < 4.78 is 156. The molecule has 1 aromatic carbocycles. The number of halogens is 11. The smallest absolute Gasteiger partial charge is 0.483 e. The van der Waals surface area contributed by atoms with Gasteiger partial charge in [0.1, 0.15) is 12.4 Å². The Morgan fingerprint density at radius 2 is 1.30 bits per heavy atom. The lowest BCUT2D eigenvalue weighted by molar-refractivity contribution is -0.537. The number of benzene rings is 1. The third-order valence-corrected chi connectivity index (χ3v) is 5.85. The monoisotopic (exact) mass is 656 g/mol. The summed E-state index contributed by atoms with van der Waals surface area (Å²) in [5.41, 5.74) is 1.56. The predicted molar refractivity (Wildman–Crippen MR) is 133 cm³/mol. The van der Waals surface area contributed by atoms with Gasteiger partial charge in [0.05, 0.1) is 13.2 Å². The van der Waals surface area contributed by atoms with E-state index in [1.807, 2.05) is 10.8 Å². The Hall–Kier alpha value is -2.79. The molecule has 1 heterocycles. The number of aromatic nitrogens is 2. The Morgan fingerprint density at radius 1 is 0.682 bits per heavy atom. The van der Waals surface area contributed by atoms with E-state index in [1.54, 1.807) is 30.6 Å². The quantitative estimate of drug-likeness (QED) is 0.105. The average molecular weight is 657 g/mol. The summed E-state index contributed by atoms with van der Waals surface area (Å²) in [4.78, 5) is 8.43. The first kappa shape index (κ1) is 37.4. The van der Waals surface area contributed by atoms with Gasteiger partial charge in [-0.1, -0.05) is 39.0 Å². The van der Waals surface area contributed by atoms with Crippen LogP contribution in [-0.4, -0.2) is 60.4 Å². The molecule has 0 unspecified atom stereocenters. The summed E-state index contributed by atoms with van der Waals surface area (Å²) >= 11 is 0. The summed E-state index contributed by atoms with van der Waals surface area (Å²) in [7, 11) is 0. The van der Waals surface area contributed by atoms with E-state index in [-0.39, 0.29) is 13.0 Å². The minimum atomic E-state index is -6.84. The van der Waals surface area contributed by atoms with Crippen molar-refractivity contribution in [1.82, 2.24) is 9.97 Å². The molecule has 0 spiro atoms. The molecule has 0 aliphatic heterocycles. The molecule has 250 valence electrons. The van der Waals surface area contributed by atoms with Crippen molar-refractivity contribution < 1.29 is 67.2 Å². The molecule has 0 aliphatic rings. The number of hydrogen-bond acceptors (Lipinski definition) is 6. The first-order chi connectivity index (χ1) is 20.4. The van der Waals surface area contributed by atoms with Crippen LogP contribution in [0.1, 0.15) is 57.4 Å². The maximum absolute atomic E-state index is 13.7. The Kier molecular flexibility index (Phi) is 13.6. The van der Waals surface area contributed by atoms with Crippen LogP contribution in [0, 0.1) is 0 Å². The van der Waals surface area contributed by atoms with Crippen molar-refractivity contribution in [2.75, 3.05) is 19.8 Å². The fraction of sp³-hybridized carbons (Fsp3) is 0.630. The highest BCUT2D eigenvalue weighted by molar-refractivity contribution is 5.58. The molecule has 0 aliphatic carbocycles. The minimum absolute atomic E-state index is 0.0937. The van der Waals surface area contributed by atoms with Crippen LogP contribution in [0.3, 0.4) is 0 Å². The molecule has 2 aromatic rings. The first-order valence-electron chi connectivity index (χ1n) is 13.5. The van der Waals surface area contributed by atoms with Gasteiger partial charge in [0.15, 0.2) is 5.82 Å². The van der Waals surface area contributed by atoms with Gasteiger partial charge in [0.25, 0.3) is 0 Å². The van der Waals surface area contributed by atoms with Crippen LogP contribution in [0.2, 0.25) is 0 Å². The van der Waals surface area contributed by atoms with Gasteiger partial charge < -0.3 is 9.47 Å². The second-order valence-corrected chi connectivity index (χ2v) is 9.56. The zero-order chi connectivity index (χ0) is 33.1. The van der Waals surface area contributed by atoms with Crippen molar-refractivity contribution in [3.63, 3.8) is 0 Å². The second kappa shape index (κ2) is 16.0. The third-order valence-electron chi connectivity index (χ3n) is 5.85. The Labute approximate surface area is 245 Å². The van der Waals surface area contributed by atoms with Crippen LogP contribution in [0.5, 0.6) is 5.75 Å². The predicted octanol–water partition coefficient (Wildman–Crippen LogP) is 8.80. The number of alkyl halides is 11. The van der Waals surface area contributed by atoms with Crippen LogP contribution in [0.4, 0.5) is 48.3 Å². The maximum Gasteiger partial charge on any atom is 0.483 e. The molecule has 6 nitrogen and oxygen atoms in total. The third kappa shape index (κ3) is 11.6. The van der Waals surface area contributed by atoms with Crippen LogP contribution < -0.4 is 4.74 Å². The number of aryl methyl sites for hydroxylation is 1. The summed E-state index contributed by atoms with van der Waals surface area (Å²) in [6.07, 6.45) is -22.3. The van der Waals surface area contributed by atoms with Crippen LogP contribution >= 0.6 is 0 Å². The van der Waals surface area contributed by atoms with E-state index in [9.17, 15) is 48.3 Å². The summed E-state index contributed by atoms with van der Waals surface area (Å²) in [6, 6.07) is 6.91. The molecule has 0 radical (unpaired) electrons. The van der Waals surface area contributed by atoms with Crippen molar-refractivity contribution in [2.24, 2.45) is 0 Å². The number of unbranched alkanes of at least 4 members (excludes halogenated alkanes) is 5. The van der Waals surface area contributed by atoms with E-state index in [0.717, 1.165) is 49.7 Å². The number of ether oxygens (including phenoxy) is 4. The van der Waals surface area contributed by atoms with Gasteiger partial charge in [-0.15, -0.1) is 0 Å². The highest BCUT2D eigenvalue weighted by Gasteiger charge is 2.72.